The number of likely N-dealkylation sites (tertiary alicyclic amines) is 1. The van der Waals surface area contributed by atoms with Crippen molar-refractivity contribution in [3.63, 3.8) is 0 Å². The molecule has 1 aromatic rings. The second-order valence-corrected chi connectivity index (χ2v) is 6.56. The Hall–Kier alpha value is -2.15. The molecule has 0 bridgehead atoms. The number of nitrogens with one attached hydrogen (secondary N) is 1. The van der Waals surface area contributed by atoms with E-state index < -0.39 is 10.8 Å². The van der Waals surface area contributed by atoms with Gasteiger partial charge in [-0.1, -0.05) is 18.5 Å². The predicted molar refractivity (Wildman–Crippen MR) is 83.3 cm³/mol. The fourth-order valence-electron chi connectivity index (χ4n) is 3.00. The average molecular weight is 338 g/mol. The fourth-order valence-corrected chi connectivity index (χ4v) is 3.17. The first kappa shape index (κ1) is 15.7. The zero-order chi connectivity index (χ0) is 16.7. The SMILES string of the molecule is CC1CC1N1CC(NC(=O)c2cc(Cl)ccc2[N+](=O)[O-])CC1=O. The maximum absolute atomic E-state index is 12.3. The van der Waals surface area contributed by atoms with Gasteiger partial charge in [0.1, 0.15) is 5.56 Å². The van der Waals surface area contributed by atoms with Crippen LogP contribution in [0.4, 0.5) is 5.69 Å². The van der Waals surface area contributed by atoms with Gasteiger partial charge >= 0.3 is 0 Å². The van der Waals surface area contributed by atoms with E-state index in [1.54, 1.807) is 4.90 Å². The van der Waals surface area contributed by atoms with Gasteiger partial charge < -0.3 is 10.2 Å². The van der Waals surface area contributed by atoms with E-state index in [1.807, 2.05) is 0 Å². The largest absolute Gasteiger partial charge is 0.347 e. The summed E-state index contributed by atoms with van der Waals surface area (Å²) < 4.78 is 0. The van der Waals surface area contributed by atoms with E-state index in [9.17, 15) is 19.7 Å². The topological polar surface area (TPSA) is 92.6 Å². The zero-order valence-corrected chi connectivity index (χ0v) is 13.2. The van der Waals surface area contributed by atoms with Gasteiger partial charge in [-0.05, 0) is 24.5 Å². The van der Waals surface area contributed by atoms with Crippen LogP contribution in [0.3, 0.4) is 0 Å². The molecular weight excluding hydrogens is 322 g/mol. The molecule has 1 saturated carbocycles. The molecular formula is C15H16ClN3O4. The van der Waals surface area contributed by atoms with Crippen molar-refractivity contribution in [2.45, 2.75) is 31.8 Å². The smallest absolute Gasteiger partial charge is 0.282 e. The third-order valence-electron chi connectivity index (χ3n) is 4.36. The highest BCUT2D eigenvalue weighted by Gasteiger charge is 2.45. The van der Waals surface area contributed by atoms with E-state index in [1.165, 1.54) is 18.2 Å². The maximum atomic E-state index is 12.3. The number of carbonyl (C=O) groups is 2. The van der Waals surface area contributed by atoms with E-state index in [-0.39, 0.29) is 40.7 Å². The molecule has 1 saturated heterocycles. The lowest BCUT2D eigenvalue weighted by Gasteiger charge is -2.17. The number of benzene rings is 1. The molecule has 122 valence electrons. The summed E-state index contributed by atoms with van der Waals surface area (Å²) in [5, 5.41) is 14.0. The Morgan fingerprint density at radius 1 is 1.48 bits per heavy atom. The Morgan fingerprint density at radius 3 is 2.78 bits per heavy atom. The van der Waals surface area contributed by atoms with E-state index in [2.05, 4.69) is 12.2 Å². The third kappa shape index (κ3) is 3.14. The first-order valence-electron chi connectivity index (χ1n) is 7.41. The number of carbonyl (C=O) groups excluding carboxylic acids is 2. The highest BCUT2D eigenvalue weighted by molar-refractivity contribution is 6.31. The zero-order valence-electron chi connectivity index (χ0n) is 12.5. The lowest BCUT2D eigenvalue weighted by molar-refractivity contribution is -0.385. The molecule has 0 spiro atoms. The van der Waals surface area contributed by atoms with Crippen molar-refractivity contribution in [3.8, 4) is 0 Å². The minimum absolute atomic E-state index is 0.0187. The molecule has 0 aromatic heterocycles. The molecule has 7 nitrogen and oxygen atoms in total. The Bertz CT molecular complexity index is 693. The number of nitrogens with zero attached hydrogens (tertiary/aromatic N) is 2. The molecule has 8 heteroatoms. The molecule has 3 unspecified atom stereocenters. The average Bonchev–Trinajstić information content (AvgIpc) is 3.09. The number of hydrogen-bond donors (Lipinski definition) is 1. The summed E-state index contributed by atoms with van der Waals surface area (Å²) in [5.74, 6) is -0.0599. The second kappa shape index (κ2) is 5.81. The molecule has 2 fully saturated rings. The van der Waals surface area contributed by atoms with Crippen LogP contribution in [0.25, 0.3) is 0 Å². The van der Waals surface area contributed by atoms with Gasteiger partial charge in [-0.3, -0.25) is 19.7 Å². The molecule has 23 heavy (non-hydrogen) atoms. The van der Waals surface area contributed by atoms with E-state index in [0.717, 1.165) is 6.42 Å². The third-order valence-corrected chi connectivity index (χ3v) is 4.60. The van der Waals surface area contributed by atoms with Crippen LogP contribution in [-0.4, -0.2) is 40.3 Å². The summed E-state index contributed by atoms with van der Waals surface area (Å²) >= 11 is 5.83. The van der Waals surface area contributed by atoms with Crippen molar-refractivity contribution in [3.05, 3.63) is 38.9 Å². The first-order chi connectivity index (χ1) is 10.9. The Labute approximate surface area is 137 Å². The van der Waals surface area contributed by atoms with Crippen LogP contribution in [-0.2, 0) is 4.79 Å². The van der Waals surface area contributed by atoms with Gasteiger partial charge in [0.15, 0.2) is 0 Å². The molecule has 0 radical (unpaired) electrons. The van der Waals surface area contributed by atoms with Crippen LogP contribution in [0.1, 0.15) is 30.1 Å². The maximum Gasteiger partial charge on any atom is 0.282 e. The normalized spacial score (nSPS) is 26.3. The van der Waals surface area contributed by atoms with E-state index >= 15 is 0 Å². The highest BCUT2D eigenvalue weighted by Crippen LogP contribution is 2.37. The van der Waals surface area contributed by atoms with Gasteiger partial charge in [0.2, 0.25) is 5.91 Å². The van der Waals surface area contributed by atoms with Crippen molar-refractivity contribution >= 4 is 29.1 Å². The highest BCUT2D eigenvalue weighted by atomic mass is 35.5. The molecule has 2 aliphatic rings. The van der Waals surface area contributed by atoms with Crippen molar-refractivity contribution < 1.29 is 14.5 Å². The van der Waals surface area contributed by atoms with Crippen molar-refractivity contribution in [1.29, 1.82) is 0 Å². The molecule has 2 amide bonds. The van der Waals surface area contributed by atoms with Gasteiger partial charge in [0.05, 0.1) is 11.0 Å². The van der Waals surface area contributed by atoms with Gasteiger partial charge in [-0.25, -0.2) is 0 Å². The van der Waals surface area contributed by atoms with Gasteiger partial charge in [-0.2, -0.15) is 0 Å². The molecule has 1 aliphatic carbocycles. The molecule has 1 aromatic carbocycles. The summed E-state index contributed by atoms with van der Waals surface area (Å²) in [4.78, 5) is 36.5. The van der Waals surface area contributed by atoms with Crippen LogP contribution in [0, 0.1) is 16.0 Å². The van der Waals surface area contributed by atoms with Gasteiger partial charge in [0, 0.05) is 30.1 Å². The van der Waals surface area contributed by atoms with Gasteiger partial charge in [0.25, 0.3) is 11.6 Å². The number of rotatable bonds is 4. The van der Waals surface area contributed by atoms with Crippen LogP contribution < -0.4 is 5.32 Å². The van der Waals surface area contributed by atoms with Crippen molar-refractivity contribution in [2.24, 2.45) is 5.92 Å². The fraction of sp³-hybridized carbons (Fsp3) is 0.467. The Kier molecular flexibility index (Phi) is 3.97. The van der Waals surface area contributed by atoms with Crippen molar-refractivity contribution in [2.75, 3.05) is 6.54 Å². The Balaban J connectivity index is 1.72. The summed E-state index contributed by atoms with van der Waals surface area (Å²) in [5.41, 5.74) is -0.392. The molecule has 1 N–H and O–H groups in total. The van der Waals surface area contributed by atoms with Crippen LogP contribution >= 0.6 is 11.6 Å². The minimum atomic E-state index is -0.622. The number of hydrogen-bond acceptors (Lipinski definition) is 4. The molecule has 3 atom stereocenters. The summed E-state index contributed by atoms with van der Waals surface area (Å²) in [6.07, 6.45) is 1.22. The van der Waals surface area contributed by atoms with Crippen LogP contribution in [0.15, 0.2) is 18.2 Å². The quantitative estimate of drug-likeness (QED) is 0.671. The molecule has 1 aliphatic heterocycles. The first-order valence-corrected chi connectivity index (χ1v) is 7.79. The number of amides is 2. The number of nitro groups is 1. The summed E-state index contributed by atoms with van der Waals surface area (Å²) in [7, 11) is 0. The minimum Gasteiger partial charge on any atom is -0.347 e. The lowest BCUT2D eigenvalue weighted by atomic mass is 10.1. The molecule has 3 rings (SSSR count). The van der Waals surface area contributed by atoms with Crippen LogP contribution in [0.5, 0.6) is 0 Å². The summed E-state index contributed by atoms with van der Waals surface area (Å²) in [6, 6.07) is 3.78. The summed E-state index contributed by atoms with van der Waals surface area (Å²) in [6.45, 7) is 2.53. The number of nitro benzene ring substituents is 1. The van der Waals surface area contributed by atoms with Gasteiger partial charge in [-0.15, -0.1) is 0 Å². The monoisotopic (exact) mass is 337 g/mol. The second-order valence-electron chi connectivity index (χ2n) is 6.12. The van der Waals surface area contributed by atoms with Crippen LogP contribution in [0.2, 0.25) is 5.02 Å². The van der Waals surface area contributed by atoms with E-state index in [4.69, 9.17) is 11.6 Å². The molecule has 1 heterocycles. The van der Waals surface area contributed by atoms with Crippen molar-refractivity contribution in [1.82, 2.24) is 10.2 Å². The standard InChI is InChI=1S/C15H16ClN3O4/c1-8-4-13(8)18-7-10(6-14(18)20)17-15(21)11-5-9(16)2-3-12(11)19(22)23/h2-3,5,8,10,13H,4,6-7H2,1H3,(H,17,21). The lowest BCUT2D eigenvalue weighted by Crippen LogP contribution is -2.38. The van der Waals surface area contributed by atoms with E-state index in [0.29, 0.717) is 12.5 Å². The Morgan fingerprint density at radius 2 is 2.17 bits per heavy atom. The number of halogens is 1. The predicted octanol–water partition coefficient (Wildman–Crippen LogP) is 1.99.